The van der Waals surface area contributed by atoms with E-state index in [4.69, 9.17) is 4.74 Å². The van der Waals surface area contributed by atoms with Gasteiger partial charge in [-0.05, 0) is 106 Å². The molecule has 0 aromatic heterocycles. The Morgan fingerprint density at radius 3 is 2.09 bits per heavy atom. The Hall–Kier alpha value is -0.300. The predicted octanol–water partition coefficient (Wildman–Crippen LogP) is 4.53. The SMILES string of the molecule is CC(C)(C)OC1CC2CC1C1C3CC(C4C5C=CC(C5)C34)C21. The van der Waals surface area contributed by atoms with Gasteiger partial charge in [0.2, 0.25) is 0 Å². The van der Waals surface area contributed by atoms with Crippen molar-refractivity contribution in [3.8, 4) is 0 Å². The largest absolute Gasteiger partial charge is 0.372 e. The molecule has 0 N–H and O–H groups in total. The molecule has 0 radical (unpaired) electrons. The summed E-state index contributed by atoms with van der Waals surface area (Å²) in [4.78, 5) is 0. The van der Waals surface area contributed by atoms with Crippen molar-refractivity contribution < 1.29 is 4.74 Å². The molecule has 0 spiro atoms. The van der Waals surface area contributed by atoms with Gasteiger partial charge in [0.25, 0.3) is 0 Å². The minimum atomic E-state index is 0.0416. The van der Waals surface area contributed by atoms with E-state index in [-0.39, 0.29) is 5.60 Å². The third-order valence-electron chi connectivity index (χ3n) is 8.68. The highest BCUT2D eigenvalue weighted by molar-refractivity contribution is 5.25. The zero-order valence-corrected chi connectivity index (χ0v) is 14.2. The number of ether oxygens (including phenoxy) is 1. The molecular weight excluding hydrogens is 268 g/mol. The summed E-state index contributed by atoms with van der Waals surface area (Å²) in [5, 5.41) is 0. The van der Waals surface area contributed by atoms with E-state index in [1.807, 2.05) is 0 Å². The van der Waals surface area contributed by atoms with Crippen molar-refractivity contribution in [3.63, 3.8) is 0 Å². The highest BCUT2D eigenvalue weighted by atomic mass is 16.5. The number of hydrogen-bond acceptors (Lipinski definition) is 1. The average Bonchev–Trinajstić information content (AvgIpc) is 3.22. The monoisotopic (exact) mass is 298 g/mol. The van der Waals surface area contributed by atoms with Gasteiger partial charge in [-0.1, -0.05) is 12.2 Å². The Balaban J connectivity index is 1.32. The highest BCUT2D eigenvalue weighted by Crippen LogP contribution is 2.75. The lowest BCUT2D eigenvalue weighted by Crippen LogP contribution is -2.45. The Morgan fingerprint density at radius 2 is 1.41 bits per heavy atom. The molecule has 6 bridgehead atoms. The van der Waals surface area contributed by atoms with Crippen LogP contribution in [0.15, 0.2) is 12.2 Å². The number of hydrogen-bond donors (Lipinski definition) is 0. The number of fused-ring (bicyclic) bond motifs is 16. The molecule has 5 saturated carbocycles. The van der Waals surface area contributed by atoms with Crippen LogP contribution in [0.5, 0.6) is 0 Å². The standard InChI is InChI=1S/C21H30O/c1-21(2,3)22-16-8-12-7-13(16)20-15-9-14(19(12)20)17-10-4-5-11(6-10)18(15)17/h4-5,10-20H,6-9H2,1-3H3. The van der Waals surface area contributed by atoms with Crippen LogP contribution in [0.3, 0.4) is 0 Å². The van der Waals surface area contributed by atoms with Crippen molar-refractivity contribution in [3.05, 3.63) is 12.2 Å². The molecule has 11 atom stereocenters. The molecule has 0 amide bonds. The molecule has 0 aromatic carbocycles. The first-order valence-electron chi connectivity index (χ1n) is 9.87. The average molecular weight is 298 g/mol. The summed E-state index contributed by atoms with van der Waals surface area (Å²) in [5.74, 6) is 10.4. The molecule has 0 heterocycles. The topological polar surface area (TPSA) is 9.23 Å². The van der Waals surface area contributed by atoms with Gasteiger partial charge in [-0.15, -0.1) is 0 Å². The molecule has 0 saturated heterocycles. The van der Waals surface area contributed by atoms with E-state index in [0.717, 1.165) is 59.2 Å². The van der Waals surface area contributed by atoms with Crippen LogP contribution >= 0.6 is 0 Å². The van der Waals surface area contributed by atoms with Gasteiger partial charge in [-0.3, -0.25) is 0 Å². The predicted molar refractivity (Wildman–Crippen MR) is 87.1 cm³/mol. The molecule has 120 valence electrons. The van der Waals surface area contributed by atoms with Gasteiger partial charge < -0.3 is 4.74 Å². The maximum Gasteiger partial charge on any atom is 0.0616 e. The van der Waals surface area contributed by atoms with E-state index in [9.17, 15) is 0 Å². The van der Waals surface area contributed by atoms with Gasteiger partial charge in [-0.25, -0.2) is 0 Å². The second kappa shape index (κ2) is 3.85. The first-order chi connectivity index (χ1) is 10.5. The van der Waals surface area contributed by atoms with Crippen LogP contribution < -0.4 is 0 Å². The summed E-state index contributed by atoms with van der Waals surface area (Å²) in [5.41, 5.74) is 0.0416. The van der Waals surface area contributed by atoms with Gasteiger partial charge in [-0.2, -0.15) is 0 Å². The summed E-state index contributed by atoms with van der Waals surface area (Å²) in [7, 11) is 0. The Labute approximate surface area is 134 Å². The summed E-state index contributed by atoms with van der Waals surface area (Å²) in [6.07, 6.45) is 11.8. The maximum atomic E-state index is 6.51. The van der Waals surface area contributed by atoms with Crippen LogP contribution in [0.4, 0.5) is 0 Å². The molecule has 0 aliphatic heterocycles. The fourth-order valence-electron chi connectivity index (χ4n) is 8.78. The molecule has 6 aliphatic rings. The van der Waals surface area contributed by atoms with Crippen molar-refractivity contribution >= 4 is 0 Å². The fourth-order valence-corrected chi connectivity index (χ4v) is 8.78. The zero-order chi connectivity index (χ0) is 14.8. The molecule has 0 aromatic rings. The second-order valence-corrected chi connectivity index (χ2v) is 10.5. The Kier molecular flexibility index (Phi) is 2.28. The summed E-state index contributed by atoms with van der Waals surface area (Å²) in [6, 6.07) is 0. The minimum Gasteiger partial charge on any atom is -0.372 e. The lowest BCUT2D eigenvalue weighted by Gasteiger charge is -2.46. The third-order valence-corrected chi connectivity index (χ3v) is 8.68. The smallest absolute Gasteiger partial charge is 0.0616 e. The fraction of sp³-hybridized carbons (Fsp3) is 0.905. The van der Waals surface area contributed by atoms with Crippen molar-refractivity contribution in [1.29, 1.82) is 0 Å². The van der Waals surface area contributed by atoms with E-state index >= 15 is 0 Å². The van der Waals surface area contributed by atoms with Crippen LogP contribution in [0, 0.1) is 59.2 Å². The quantitative estimate of drug-likeness (QED) is 0.510. The van der Waals surface area contributed by atoms with Crippen molar-refractivity contribution in [2.24, 2.45) is 59.2 Å². The van der Waals surface area contributed by atoms with Crippen molar-refractivity contribution in [2.45, 2.75) is 58.2 Å². The molecule has 22 heavy (non-hydrogen) atoms. The molecule has 6 rings (SSSR count). The molecule has 5 fully saturated rings. The van der Waals surface area contributed by atoms with Crippen molar-refractivity contribution in [2.75, 3.05) is 0 Å². The first-order valence-corrected chi connectivity index (χ1v) is 9.87. The van der Waals surface area contributed by atoms with Gasteiger partial charge >= 0.3 is 0 Å². The van der Waals surface area contributed by atoms with E-state index in [2.05, 4.69) is 32.9 Å². The lowest BCUT2D eigenvalue weighted by atomic mass is 9.60. The molecule has 6 aliphatic carbocycles. The third kappa shape index (κ3) is 1.42. The highest BCUT2D eigenvalue weighted by Gasteiger charge is 2.71. The molecule has 1 nitrogen and oxygen atoms in total. The van der Waals surface area contributed by atoms with E-state index < -0.39 is 0 Å². The van der Waals surface area contributed by atoms with Crippen LogP contribution in [0.2, 0.25) is 0 Å². The first kappa shape index (κ1) is 13.0. The van der Waals surface area contributed by atoms with Gasteiger partial charge in [0.05, 0.1) is 11.7 Å². The lowest BCUT2D eigenvalue weighted by molar-refractivity contribution is -0.111. The van der Waals surface area contributed by atoms with Crippen LogP contribution in [0.1, 0.15) is 46.5 Å². The minimum absolute atomic E-state index is 0.0416. The normalized spacial score (nSPS) is 63.0. The Bertz CT molecular complexity index is 543. The molecular formula is C21H30O. The summed E-state index contributed by atoms with van der Waals surface area (Å²) in [6.45, 7) is 6.73. The van der Waals surface area contributed by atoms with Crippen molar-refractivity contribution in [1.82, 2.24) is 0 Å². The molecule has 1 heteroatoms. The van der Waals surface area contributed by atoms with E-state index in [1.165, 1.54) is 19.3 Å². The van der Waals surface area contributed by atoms with E-state index in [0.29, 0.717) is 6.10 Å². The summed E-state index contributed by atoms with van der Waals surface area (Å²) >= 11 is 0. The van der Waals surface area contributed by atoms with Crippen LogP contribution in [-0.2, 0) is 4.74 Å². The number of rotatable bonds is 1. The van der Waals surface area contributed by atoms with Crippen LogP contribution in [-0.4, -0.2) is 11.7 Å². The zero-order valence-electron chi connectivity index (χ0n) is 14.2. The maximum absolute atomic E-state index is 6.51. The number of allylic oxidation sites excluding steroid dienone is 2. The van der Waals surface area contributed by atoms with Gasteiger partial charge in [0.1, 0.15) is 0 Å². The second-order valence-electron chi connectivity index (χ2n) is 10.5. The van der Waals surface area contributed by atoms with Crippen LogP contribution in [0.25, 0.3) is 0 Å². The Morgan fingerprint density at radius 1 is 0.727 bits per heavy atom. The summed E-state index contributed by atoms with van der Waals surface area (Å²) < 4.78 is 6.51. The van der Waals surface area contributed by atoms with Gasteiger partial charge in [0, 0.05) is 0 Å². The molecule has 11 unspecified atom stereocenters. The van der Waals surface area contributed by atoms with Gasteiger partial charge in [0.15, 0.2) is 0 Å². The van der Waals surface area contributed by atoms with E-state index in [1.54, 1.807) is 6.42 Å².